The largest absolute Gasteiger partial charge is 0.480 e. The van der Waals surface area contributed by atoms with E-state index in [4.69, 9.17) is 9.47 Å². The average molecular weight is 447 g/mol. The molecule has 2 aliphatic rings. The van der Waals surface area contributed by atoms with Crippen molar-refractivity contribution in [3.05, 3.63) is 42.2 Å². The van der Waals surface area contributed by atoms with Gasteiger partial charge in [0.2, 0.25) is 21.8 Å². The highest BCUT2D eigenvalue weighted by Crippen LogP contribution is 2.23. The monoisotopic (exact) mass is 446 g/mol. The number of sulfonamides is 1. The number of piperidine rings is 1. The molecule has 0 saturated carbocycles. The van der Waals surface area contributed by atoms with Gasteiger partial charge in [-0.3, -0.25) is 9.78 Å². The van der Waals surface area contributed by atoms with Crippen molar-refractivity contribution in [1.29, 1.82) is 0 Å². The van der Waals surface area contributed by atoms with Crippen LogP contribution in [-0.4, -0.2) is 72.9 Å². The molecule has 166 valence electrons. The van der Waals surface area contributed by atoms with E-state index in [9.17, 15) is 13.2 Å². The van der Waals surface area contributed by atoms with Crippen LogP contribution in [0.5, 0.6) is 11.8 Å². The highest BCUT2D eigenvalue weighted by molar-refractivity contribution is 7.89. The maximum Gasteiger partial charge on any atom is 0.253 e. The molecule has 1 atom stereocenters. The van der Waals surface area contributed by atoms with E-state index < -0.39 is 10.0 Å². The number of rotatable bonds is 6. The summed E-state index contributed by atoms with van der Waals surface area (Å²) in [5.74, 6) is 0.579. The van der Waals surface area contributed by atoms with Crippen molar-refractivity contribution in [1.82, 2.24) is 19.2 Å². The molecule has 1 amide bonds. The van der Waals surface area contributed by atoms with Crippen LogP contribution in [0.4, 0.5) is 0 Å². The predicted molar refractivity (Wildman–Crippen MR) is 113 cm³/mol. The Labute approximate surface area is 182 Å². The number of carbonyl (C=O) groups is 1. The summed E-state index contributed by atoms with van der Waals surface area (Å²) in [6.45, 7) is 2.15. The summed E-state index contributed by atoms with van der Waals surface area (Å²) in [5, 5.41) is 0. The van der Waals surface area contributed by atoms with E-state index >= 15 is 0 Å². The maximum absolute atomic E-state index is 13.0. The quantitative estimate of drug-likeness (QED) is 0.668. The van der Waals surface area contributed by atoms with Gasteiger partial charge in [-0.15, -0.1) is 0 Å². The zero-order valence-corrected chi connectivity index (χ0v) is 18.3. The van der Waals surface area contributed by atoms with Gasteiger partial charge in [-0.1, -0.05) is 0 Å². The fraction of sp³-hybridized carbons (Fsp3) is 0.476. The molecule has 1 unspecified atom stereocenters. The average Bonchev–Trinajstić information content (AvgIpc) is 3.35. The van der Waals surface area contributed by atoms with Crippen LogP contribution in [-0.2, 0) is 10.0 Å². The Morgan fingerprint density at radius 2 is 1.74 bits per heavy atom. The van der Waals surface area contributed by atoms with Crippen LogP contribution in [0.1, 0.15) is 36.0 Å². The highest BCUT2D eigenvalue weighted by Gasteiger charge is 2.29. The van der Waals surface area contributed by atoms with Crippen LogP contribution in [0.2, 0.25) is 0 Å². The van der Waals surface area contributed by atoms with E-state index in [1.54, 1.807) is 17.0 Å². The Balaban J connectivity index is 1.41. The summed E-state index contributed by atoms with van der Waals surface area (Å²) in [6, 6.07) is 6.21. The molecular formula is C21H26N4O5S. The molecule has 9 nitrogen and oxygen atoms in total. The first kappa shape index (κ1) is 21.5. The minimum Gasteiger partial charge on any atom is -0.480 e. The number of amides is 1. The zero-order valence-electron chi connectivity index (χ0n) is 17.4. The maximum atomic E-state index is 13.0. The van der Waals surface area contributed by atoms with Crippen molar-refractivity contribution >= 4 is 15.9 Å². The van der Waals surface area contributed by atoms with Gasteiger partial charge in [0.15, 0.2) is 0 Å². The van der Waals surface area contributed by atoms with Gasteiger partial charge >= 0.3 is 0 Å². The summed E-state index contributed by atoms with van der Waals surface area (Å²) in [5.41, 5.74) is 0.460. The fourth-order valence-corrected chi connectivity index (χ4v) is 5.42. The first-order chi connectivity index (χ1) is 15.0. The van der Waals surface area contributed by atoms with Crippen molar-refractivity contribution in [3.8, 4) is 11.8 Å². The van der Waals surface area contributed by atoms with E-state index in [0.29, 0.717) is 43.5 Å². The van der Waals surface area contributed by atoms with Gasteiger partial charge in [0.05, 0.1) is 30.9 Å². The van der Waals surface area contributed by atoms with Gasteiger partial charge in [-0.05, 0) is 49.9 Å². The smallest absolute Gasteiger partial charge is 0.253 e. The molecule has 0 bridgehead atoms. The Kier molecular flexibility index (Phi) is 6.38. The van der Waals surface area contributed by atoms with Crippen molar-refractivity contribution < 1.29 is 22.7 Å². The molecule has 1 aromatic heterocycles. The second-order valence-corrected chi connectivity index (χ2v) is 9.61. The van der Waals surface area contributed by atoms with E-state index in [1.165, 1.54) is 35.9 Å². The summed E-state index contributed by atoms with van der Waals surface area (Å²) in [7, 11) is -1.98. The molecular weight excluding hydrogens is 420 g/mol. The van der Waals surface area contributed by atoms with Gasteiger partial charge in [0.25, 0.3) is 5.91 Å². The lowest BCUT2D eigenvalue weighted by Crippen LogP contribution is -2.44. The number of hydrogen-bond acceptors (Lipinski definition) is 7. The van der Waals surface area contributed by atoms with Crippen LogP contribution in [0, 0.1) is 0 Å². The van der Waals surface area contributed by atoms with Gasteiger partial charge in [-0.25, -0.2) is 8.42 Å². The molecule has 31 heavy (non-hydrogen) atoms. The van der Waals surface area contributed by atoms with Crippen LogP contribution in [0.25, 0.3) is 0 Å². The van der Waals surface area contributed by atoms with E-state index in [-0.39, 0.29) is 16.9 Å². The van der Waals surface area contributed by atoms with Gasteiger partial charge in [0.1, 0.15) is 6.10 Å². The first-order valence-electron chi connectivity index (χ1n) is 10.4. The Bertz CT molecular complexity index is 1020. The molecule has 0 aliphatic carbocycles. The molecule has 0 radical (unpaired) electrons. The third-order valence-electron chi connectivity index (χ3n) is 5.56. The summed E-state index contributed by atoms with van der Waals surface area (Å²) >= 11 is 0. The lowest BCUT2D eigenvalue weighted by Gasteiger charge is -2.32. The first-order valence-corrected chi connectivity index (χ1v) is 11.8. The zero-order chi connectivity index (χ0) is 21.8. The number of nitrogens with zero attached hydrogens (tertiary/aromatic N) is 4. The molecule has 2 fully saturated rings. The molecule has 0 spiro atoms. The highest BCUT2D eigenvalue weighted by atomic mass is 32.2. The van der Waals surface area contributed by atoms with Gasteiger partial charge < -0.3 is 14.4 Å². The molecule has 1 aromatic carbocycles. The van der Waals surface area contributed by atoms with E-state index in [2.05, 4.69) is 9.97 Å². The minimum absolute atomic E-state index is 0.143. The lowest BCUT2D eigenvalue weighted by atomic mass is 10.1. The SMILES string of the molecule is COc1cncc(OC2CCCN(C(=O)c3ccc(S(=O)(=O)N4CCCC4)cc3)C2)n1. The second kappa shape index (κ2) is 9.19. The molecule has 3 heterocycles. The number of carbonyl (C=O) groups excluding carboxylic acids is 1. The minimum atomic E-state index is -3.49. The molecule has 2 aliphatic heterocycles. The van der Waals surface area contributed by atoms with E-state index in [0.717, 1.165) is 25.7 Å². The number of aromatic nitrogens is 2. The summed E-state index contributed by atoms with van der Waals surface area (Å²) in [6.07, 6.45) is 6.18. The molecule has 2 saturated heterocycles. The number of methoxy groups -OCH3 is 1. The van der Waals surface area contributed by atoms with Gasteiger partial charge in [-0.2, -0.15) is 9.29 Å². The molecule has 2 aromatic rings. The topological polar surface area (TPSA) is 102 Å². The van der Waals surface area contributed by atoms with Crippen molar-refractivity contribution in [3.63, 3.8) is 0 Å². The lowest BCUT2D eigenvalue weighted by molar-refractivity contribution is 0.0525. The number of benzene rings is 1. The predicted octanol–water partition coefficient (Wildman–Crippen LogP) is 1.95. The second-order valence-electron chi connectivity index (χ2n) is 7.67. The van der Waals surface area contributed by atoms with Crippen LogP contribution < -0.4 is 9.47 Å². The van der Waals surface area contributed by atoms with E-state index in [1.807, 2.05) is 0 Å². The van der Waals surface area contributed by atoms with Crippen LogP contribution in [0.3, 0.4) is 0 Å². The van der Waals surface area contributed by atoms with Gasteiger partial charge in [0, 0.05) is 25.2 Å². The number of hydrogen-bond donors (Lipinski definition) is 0. The van der Waals surface area contributed by atoms with Crippen molar-refractivity contribution in [2.75, 3.05) is 33.3 Å². The normalized spacial score (nSPS) is 19.9. The Morgan fingerprint density at radius 1 is 1.03 bits per heavy atom. The van der Waals surface area contributed by atoms with Crippen LogP contribution >= 0.6 is 0 Å². The summed E-state index contributed by atoms with van der Waals surface area (Å²) < 4.78 is 37.8. The molecule has 4 rings (SSSR count). The third-order valence-corrected chi connectivity index (χ3v) is 7.47. The number of ether oxygens (including phenoxy) is 2. The number of likely N-dealkylation sites (tertiary alicyclic amines) is 1. The third kappa shape index (κ3) is 4.80. The Hall–Kier alpha value is -2.72. The van der Waals surface area contributed by atoms with Crippen molar-refractivity contribution in [2.24, 2.45) is 0 Å². The van der Waals surface area contributed by atoms with Crippen molar-refractivity contribution in [2.45, 2.75) is 36.7 Å². The molecule has 10 heteroatoms. The standard InChI is InChI=1S/C21H26N4O5S/c1-29-19-13-22-14-20(23-19)30-17-5-4-10-24(15-17)21(26)16-6-8-18(9-7-16)31(27,28)25-11-2-3-12-25/h6-9,13-14,17H,2-5,10-12,15H2,1H3. The Morgan fingerprint density at radius 3 is 2.45 bits per heavy atom. The summed E-state index contributed by atoms with van der Waals surface area (Å²) in [4.78, 5) is 23.2. The fourth-order valence-electron chi connectivity index (χ4n) is 3.91. The molecule has 0 N–H and O–H groups in total. The van der Waals surface area contributed by atoms with Crippen LogP contribution in [0.15, 0.2) is 41.6 Å².